The van der Waals surface area contributed by atoms with Crippen molar-refractivity contribution < 1.29 is 9.90 Å². The zero-order valence-electron chi connectivity index (χ0n) is 11.5. The van der Waals surface area contributed by atoms with E-state index in [1.54, 1.807) is 23.9 Å². The first kappa shape index (κ1) is 15.9. The number of amides is 1. The van der Waals surface area contributed by atoms with Gasteiger partial charge in [-0.15, -0.1) is 11.8 Å². The lowest BCUT2D eigenvalue weighted by Gasteiger charge is -2.17. The van der Waals surface area contributed by atoms with Crippen molar-refractivity contribution >= 4 is 29.3 Å². The Morgan fingerprint density at radius 3 is 2.62 bits per heavy atom. The Bertz CT molecular complexity index is 619. The summed E-state index contributed by atoms with van der Waals surface area (Å²) in [6, 6.07) is 14.2. The highest BCUT2D eigenvalue weighted by Crippen LogP contribution is 2.23. The maximum atomic E-state index is 12.4. The minimum Gasteiger partial charge on any atom is -0.394 e. The molecule has 5 heteroatoms. The van der Waals surface area contributed by atoms with Gasteiger partial charge in [0.25, 0.3) is 5.91 Å². The smallest absolute Gasteiger partial charge is 0.253 e. The molecule has 0 saturated carbocycles. The summed E-state index contributed by atoms with van der Waals surface area (Å²) in [5.74, 6) is -0.293. The number of nitrogens with one attached hydrogen (secondary N) is 1. The second kappa shape index (κ2) is 7.50. The van der Waals surface area contributed by atoms with Gasteiger partial charge in [-0.1, -0.05) is 41.9 Å². The van der Waals surface area contributed by atoms with E-state index in [0.29, 0.717) is 10.6 Å². The number of halogens is 1. The highest BCUT2D eigenvalue weighted by Gasteiger charge is 2.17. The van der Waals surface area contributed by atoms with E-state index in [0.717, 1.165) is 10.5 Å². The molecule has 1 atom stereocenters. The van der Waals surface area contributed by atoms with Gasteiger partial charge in [0.05, 0.1) is 23.2 Å². The highest BCUT2D eigenvalue weighted by atomic mass is 35.5. The topological polar surface area (TPSA) is 49.3 Å². The SMILES string of the molecule is CSc1ccc(Cl)c(C(=O)N[C@@H](CO)c2ccccc2)c1. The summed E-state index contributed by atoms with van der Waals surface area (Å²) in [4.78, 5) is 13.3. The van der Waals surface area contributed by atoms with Crippen LogP contribution in [0.15, 0.2) is 53.4 Å². The molecular weight excluding hydrogens is 306 g/mol. The fourth-order valence-corrected chi connectivity index (χ4v) is 2.60. The van der Waals surface area contributed by atoms with Gasteiger partial charge in [-0.3, -0.25) is 4.79 Å². The van der Waals surface area contributed by atoms with Crippen molar-refractivity contribution in [2.45, 2.75) is 10.9 Å². The number of aliphatic hydroxyl groups is 1. The maximum absolute atomic E-state index is 12.4. The fourth-order valence-electron chi connectivity index (χ4n) is 1.96. The fraction of sp³-hybridized carbons (Fsp3) is 0.188. The Morgan fingerprint density at radius 1 is 1.29 bits per heavy atom. The van der Waals surface area contributed by atoms with Crippen LogP contribution in [-0.2, 0) is 0 Å². The van der Waals surface area contributed by atoms with Crippen LogP contribution in [0, 0.1) is 0 Å². The first-order valence-corrected chi connectivity index (χ1v) is 8.06. The van der Waals surface area contributed by atoms with Crippen molar-refractivity contribution in [1.82, 2.24) is 5.32 Å². The van der Waals surface area contributed by atoms with E-state index in [1.165, 1.54) is 0 Å². The minimum atomic E-state index is -0.451. The molecule has 0 saturated heterocycles. The summed E-state index contributed by atoms with van der Waals surface area (Å²) in [6.45, 7) is -0.171. The molecular formula is C16H16ClNO2S. The first-order valence-electron chi connectivity index (χ1n) is 6.46. The van der Waals surface area contributed by atoms with Crippen LogP contribution in [-0.4, -0.2) is 23.9 Å². The summed E-state index contributed by atoms with van der Waals surface area (Å²) < 4.78 is 0. The van der Waals surface area contributed by atoms with Crippen molar-refractivity contribution in [3.8, 4) is 0 Å². The minimum absolute atomic E-state index is 0.171. The second-order valence-electron chi connectivity index (χ2n) is 4.47. The van der Waals surface area contributed by atoms with Crippen molar-refractivity contribution in [2.24, 2.45) is 0 Å². The Hall–Kier alpha value is -1.49. The molecule has 3 nitrogen and oxygen atoms in total. The van der Waals surface area contributed by atoms with E-state index in [4.69, 9.17) is 11.6 Å². The van der Waals surface area contributed by atoms with Gasteiger partial charge in [0.1, 0.15) is 0 Å². The van der Waals surface area contributed by atoms with E-state index < -0.39 is 6.04 Å². The normalized spacial score (nSPS) is 12.0. The van der Waals surface area contributed by atoms with Gasteiger partial charge in [-0.05, 0) is 30.0 Å². The molecule has 110 valence electrons. The Kier molecular flexibility index (Phi) is 5.67. The molecule has 2 N–H and O–H groups in total. The Labute approximate surface area is 133 Å². The average molecular weight is 322 g/mol. The van der Waals surface area contributed by atoms with Crippen LogP contribution in [0.2, 0.25) is 5.02 Å². The van der Waals surface area contributed by atoms with E-state index >= 15 is 0 Å². The molecule has 0 bridgehead atoms. The van der Waals surface area contributed by atoms with E-state index in [9.17, 15) is 9.90 Å². The van der Waals surface area contributed by atoms with Gasteiger partial charge in [0.15, 0.2) is 0 Å². The van der Waals surface area contributed by atoms with Crippen LogP contribution in [0.5, 0.6) is 0 Å². The van der Waals surface area contributed by atoms with Crippen molar-refractivity contribution in [2.75, 3.05) is 12.9 Å². The number of hydrogen-bond acceptors (Lipinski definition) is 3. The molecule has 1 amide bonds. The van der Waals surface area contributed by atoms with Crippen LogP contribution < -0.4 is 5.32 Å². The quantitative estimate of drug-likeness (QED) is 0.828. The molecule has 2 aromatic carbocycles. The zero-order valence-corrected chi connectivity index (χ0v) is 13.1. The Balaban J connectivity index is 2.20. The monoisotopic (exact) mass is 321 g/mol. The lowest BCUT2D eigenvalue weighted by atomic mass is 10.1. The number of benzene rings is 2. The summed E-state index contributed by atoms with van der Waals surface area (Å²) in [5.41, 5.74) is 1.27. The standard InChI is InChI=1S/C16H16ClNO2S/c1-21-12-7-8-14(17)13(9-12)16(20)18-15(10-19)11-5-3-2-4-6-11/h2-9,15,19H,10H2,1H3,(H,18,20)/t15-/m0/s1. The molecule has 0 aliphatic rings. The van der Waals surface area contributed by atoms with E-state index in [2.05, 4.69) is 5.32 Å². The number of aliphatic hydroxyl groups excluding tert-OH is 1. The van der Waals surface area contributed by atoms with Gasteiger partial charge in [-0.2, -0.15) is 0 Å². The number of carbonyl (C=O) groups is 1. The molecule has 21 heavy (non-hydrogen) atoms. The maximum Gasteiger partial charge on any atom is 0.253 e. The van der Waals surface area contributed by atoms with Gasteiger partial charge >= 0.3 is 0 Å². The summed E-state index contributed by atoms with van der Waals surface area (Å²) >= 11 is 7.63. The van der Waals surface area contributed by atoms with Gasteiger partial charge in [0, 0.05) is 4.90 Å². The molecule has 0 heterocycles. The predicted octanol–water partition coefficient (Wildman–Crippen LogP) is 3.53. The molecule has 0 aliphatic carbocycles. The number of thioether (sulfide) groups is 1. The van der Waals surface area contributed by atoms with Crippen molar-refractivity contribution in [3.05, 3.63) is 64.7 Å². The summed E-state index contributed by atoms with van der Waals surface area (Å²) in [6.07, 6.45) is 1.94. The largest absolute Gasteiger partial charge is 0.394 e. The molecule has 0 aromatic heterocycles. The van der Waals surface area contributed by atoms with Crippen LogP contribution >= 0.6 is 23.4 Å². The summed E-state index contributed by atoms with van der Waals surface area (Å²) in [7, 11) is 0. The van der Waals surface area contributed by atoms with Crippen LogP contribution in [0.1, 0.15) is 22.0 Å². The van der Waals surface area contributed by atoms with Gasteiger partial charge < -0.3 is 10.4 Å². The third kappa shape index (κ3) is 4.00. The van der Waals surface area contributed by atoms with E-state index in [1.807, 2.05) is 42.7 Å². The number of carbonyl (C=O) groups excluding carboxylic acids is 1. The molecule has 2 aromatic rings. The van der Waals surface area contributed by atoms with Crippen LogP contribution in [0.25, 0.3) is 0 Å². The number of rotatable bonds is 5. The zero-order chi connectivity index (χ0) is 15.2. The van der Waals surface area contributed by atoms with Gasteiger partial charge in [0.2, 0.25) is 0 Å². The third-order valence-electron chi connectivity index (χ3n) is 3.11. The average Bonchev–Trinajstić information content (AvgIpc) is 2.53. The van der Waals surface area contributed by atoms with E-state index in [-0.39, 0.29) is 12.5 Å². The van der Waals surface area contributed by atoms with Crippen molar-refractivity contribution in [1.29, 1.82) is 0 Å². The highest BCUT2D eigenvalue weighted by molar-refractivity contribution is 7.98. The van der Waals surface area contributed by atoms with Crippen molar-refractivity contribution in [3.63, 3.8) is 0 Å². The lowest BCUT2D eigenvalue weighted by Crippen LogP contribution is -2.31. The molecule has 2 rings (SSSR count). The summed E-state index contributed by atoms with van der Waals surface area (Å²) in [5, 5.41) is 12.7. The predicted molar refractivity (Wildman–Crippen MR) is 87.0 cm³/mol. The Morgan fingerprint density at radius 2 is 2.00 bits per heavy atom. The van der Waals surface area contributed by atoms with Crippen LogP contribution in [0.3, 0.4) is 0 Å². The lowest BCUT2D eigenvalue weighted by molar-refractivity contribution is 0.0916. The molecule has 0 unspecified atom stereocenters. The second-order valence-corrected chi connectivity index (χ2v) is 5.75. The molecule has 0 fully saturated rings. The molecule has 0 radical (unpaired) electrons. The van der Waals surface area contributed by atoms with Crippen LogP contribution in [0.4, 0.5) is 0 Å². The molecule has 0 aliphatic heterocycles. The number of hydrogen-bond donors (Lipinski definition) is 2. The van der Waals surface area contributed by atoms with Gasteiger partial charge in [-0.25, -0.2) is 0 Å². The third-order valence-corrected chi connectivity index (χ3v) is 4.16. The first-order chi connectivity index (χ1) is 10.2. The molecule has 0 spiro atoms.